The molecule has 0 aromatic rings. The fourth-order valence-electron chi connectivity index (χ4n) is 2.44. The molecule has 4 nitrogen and oxygen atoms in total. The molecule has 1 saturated heterocycles. The van der Waals surface area contributed by atoms with Crippen molar-refractivity contribution in [3.8, 4) is 0 Å². The Kier molecular flexibility index (Phi) is 4.54. The van der Waals surface area contributed by atoms with Crippen molar-refractivity contribution in [2.24, 2.45) is 5.92 Å². The second-order valence-electron chi connectivity index (χ2n) is 5.12. The Morgan fingerprint density at radius 2 is 1.76 bits per heavy atom. The number of piperazine rings is 1. The van der Waals surface area contributed by atoms with Gasteiger partial charge < -0.3 is 10.2 Å². The first kappa shape index (κ1) is 14.0. The molecule has 2 amide bonds. The van der Waals surface area contributed by atoms with Crippen LogP contribution in [0.4, 0.5) is 0 Å². The van der Waals surface area contributed by atoms with Crippen LogP contribution in [0, 0.1) is 5.92 Å². The summed E-state index contributed by atoms with van der Waals surface area (Å²) >= 11 is 0. The Hall–Kier alpha value is -1.06. The van der Waals surface area contributed by atoms with Crippen molar-refractivity contribution in [3.63, 3.8) is 0 Å². The molecule has 4 heteroatoms. The summed E-state index contributed by atoms with van der Waals surface area (Å²) in [5, 5.41) is 2.82. The van der Waals surface area contributed by atoms with Crippen molar-refractivity contribution in [2.75, 3.05) is 0 Å². The van der Waals surface area contributed by atoms with Crippen molar-refractivity contribution >= 4 is 11.8 Å². The van der Waals surface area contributed by atoms with Gasteiger partial charge in [-0.05, 0) is 25.7 Å². The third kappa shape index (κ3) is 2.61. The molecular weight excluding hydrogens is 216 g/mol. The zero-order chi connectivity index (χ0) is 13.2. The van der Waals surface area contributed by atoms with Crippen LogP contribution in [0.2, 0.25) is 0 Å². The van der Waals surface area contributed by atoms with E-state index < -0.39 is 0 Å². The van der Waals surface area contributed by atoms with Gasteiger partial charge in [0.05, 0.1) is 0 Å². The fourth-order valence-corrected chi connectivity index (χ4v) is 2.44. The lowest BCUT2D eigenvalue weighted by Gasteiger charge is -2.42. The molecular formula is C13H24N2O2. The lowest BCUT2D eigenvalue weighted by molar-refractivity contribution is -0.152. The summed E-state index contributed by atoms with van der Waals surface area (Å²) in [6.45, 7) is 9.85. The van der Waals surface area contributed by atoms with Crippen molar-refractivity contribution in [3.05, 3.63) is 0 Å². The molecule has 1 aliphatic rings. The number of nitrogens with zero attached hydrogens (tertiary/aromatic N) is 1. The highest BCUT2D eigenvalue weighted by Gasteiger charge is 2.41. The second-order valence-corrected chi connectivity index (χ2v) is 5.12. The van der Waals surface area contributed by atoms with Gasteiger partial charge in [-0.2, -0.15) is 0 Å². The van der Waals surface area contributed by atoms with Crippen LogP contribution < -0.4 is 5.32 Å². The van der Waals surface area contributed by atoms with Crippen LogP contribution in [0.1, 0.15) is 47.5 Å². The van der Waals surface area contributed by atoms with Gasteiger partial charge in [-0.3, -0.25) is 9.59 Å². The number of hydrogen-bond donors (Lipinski definition) is 1. The maximum atomic E-state index is 12.4. The highest BCUT2D eigenvalue weighted by atomic mass is 16.2. The van der Waals surface area contributed by atoms with Crippen LogP contribution in [0.15, 0.2) is 0 Å². The zero-order valence-electron chi connectivity index (χ0n) is 11.5. The van der Waals surface area contributed by atoms with Gasteiger partial charge in [0.2, 0.25) is 11.8 Å². The summed E-state index contributed by atoms with van der Waals surface area (Å²) in [7, 11) is 0. The van der Waals surface area contributed by atoms with E-state index >= 15 is 0 Å². The Morgan fingerprint density at radius 1 is 1.24 bits per heavy atom. The van der Waals surface area contributed by atoms with Gasteiger partial charge in [0, 0.05) is 6.04 Å². The van der Waals surface area contributed by atoms with E-state index in [-0.39, 0.29) is 35.9 Å². The van der Waals surface area contributed by atoms with E-state index in [1.807, 2.05) is 20.8 Å². The molecule has 1 aliphatic heterocycles. The number of nitrogens with one attached hydrogen (secondary N) is 1. The third-order valence-electron chi connectivity index (χ3n) is 3.62. The van der Waals surface area contributed by atoms with Gasteiger partial charge in [-0.1, -0.05) is 27.7 Å². The first-order valence-electron chi connectivity index (χ1n) is 6.56. The van der Waals surface area contributed by atoms with Gasteiger partial charge in [0.25, 0.3) is 0 Å². The standard InChI is InChI=1S/C13H24N2O2/c1-6-10(7-2)15-9(5)12(16)14-11(8(3)4)13(15)17/h8-11H,6-7H2,1-5H3,(H,14,16). The SMILES string of the molecule is CCC(CC)N1C(=O)C(C(C)C)NC(=O)C1C. The molecule has 0 aromatic carbocycles. The Bertz CT molecular complexity index is 298. The molecule has 0 aromatic heterocycles. The first-order valence-corrected chi connectivity index (χ1v) is 6.56. The monoisotopic (exact) mass is 240 g/mol. The zero-order valence-corrected chi connectivity index (χ0v) is 11.5. The topological polar surface area (TPSA) is 49.4 Å². The highest BCUT2D eigenvalue weighted by Crippen LogP contribution is 2.21. The molecule has 0 saturated carbocycles. The summed E-state index contributed by atoms with van der Waals surface area (Å²) in [4.78, 5) is 26.1. The van der Waals surface area contributed by atoms with E-state index in [0.717, 1.165) is 12.8 Å². The average Bonchev–Trinajstić information content (AvgIpc) is 2.28. The van der Waals surface area contributed by atoms with Crippen LogP contribution >= 0.6 is 0 Å². The van der Waals surface area contributed by atoms with E-state index in [1.54, 1.807) is 4.90 Å². The highest BCUT2D eigenvalue weighted by molar-refractivity contribution is 5.97. The number of hydrogen-bond acceptors (Lipinski definition) is 2. The molecule has 1 fully saturated rings. The lowest BCUT2D eigenvalue weighted by Crippen LogP contribution is -2.66. The Morgan fingerprint density at radius 3 is 2.18 bits per heavy atom. The second kappa shape index (κ2) is 5.52. The van der Waals surface area contributed by atoms with Crippen LogP contribution in [-0.2, 0) is 9.59 Å². The van der Waals surface area contributed by atoms with E-state index in [9.17, 15) is 9.59 Å². The van der Waals surface area contributed by atoms with Gasteiger partial charge in [0.15, 0.2) is 0 Å². The maximum absolute atomic E-state index is 12.4. The minimum atomic E-state index is -0.362. The molecule has 0 radical (unpaired) electrons. The van der Waals surface area contributed by atoms with Gasteiger partial charge >= 0.3 is 0 Å². The van der Waals surface area contributed by atoms with Crippen molar-refractivity contribution in [2.45, 2.75) is 65.6 Å². The summed E-state index contributed by atoms with van der Waals surface area (Å²) in [6.07, 6.45) is 1.79. The van der Waals surface area contributed by atoms with Gasteiger partial charge in [0.1, 0.15) is 12.1 Å². The molecule has 1 N–H and O–H groups in total. The largest absolute Gasteiger partial charge is 0.342 e. The summed E-state index contributed by atoms with van der Waals surface area (Å²) in [5.41, 5.74) is 0. The van der Waals surface area contributed by atoms with E-state index in [2.05, 4.69) is 19.2 Å². The molecule has 2 atom stereocenters. The van der Waals surface area contributed by atoms with Crippen LogP contribution in [0.25, 0.3) is 0 Å². The summed E-state index contributed by atoms with van der Waals surface area (Å²) in [5.74, 6) is 0.173. The van der Waals surface area contributed by atoms with E-state index in [0.29, 0.717) is 0 Å². The molecule has 0 bridgehead atoms. The predicted molar refractivity (Wildman–Crippen MR) is 67.4 cm³/mol. The number of carbonyl (C=O) groups excluding carboxylic acids is 2. The summed E-state index contributed by atoms with van der Waals surface area (Å²) in [6, 6.07) is -0.536. The normalized spacial score (nSPS) is 25.7. The minimum absolute atomic E-state index is 0.0322. The third-order valence-corrected chi connectivity index (χ3v) is 3.62. The van der Waals surface area contributed by atoms with Crippen LogP contribution in [0.3, 0.4) is 0 Å². The molecule has 1 heterocycles. The smallest absolute Gasteiger partial charge is 0.246 e. The molecule has 0 spiro atoms. The molecule has 17 heavy (non-hydrogen) atoms. The van der Waals surface area contributed by atoms with Gasteiger partial charge in [-0.15, -0.1) is 0 Å². The van der Waals surface area contributed by atoms with Crippen molar-refractivity contribution in [1.82, 2.24) is 10.2 Å². The molecule has 0 aliphatic carbocycles. The quantitative estimate of drug-likeness (QED) is 0.810. The maximum Gasteiger partial charge on any atom is 0.246 e. The molecule has 1 rings (SSSR count). The number of rotatable bonds is 4. The first-order chi connectivity index (χ1) is 7.93. The van der Waals surface area contributed by atoms with Crippen LogP contribution in [-0.4, -0.2) is 34.8 Å². The number of amides is 2. The van der Waals surface area contributed by atoms with E-state index in [4.69, 9.17) is 0 Å². The van der Waals surface area contributed by atoms with Crippen molar-refractivity contribution in [1.29, 1.82) is 0 Å². The molecule has 98 valence electrons. The Labute approximate surface area is 104 Å². The Balaban J connectivity index is 2.98. The van der Waals surface area contributed by atoms with Gasteiger partial charge in [-0.25, -0.2) is 0 Å². The molecule has 2 unspecified atom stereocenters. The minimum Gasteiger partial charge on any atom is -0.342 e. The van der Waals surface area contributed by atoms with E-state index in [1.165, 1.54) is 0 Å². The fraction of sp³-hybridized carbons (Fsp3) is 0.846. The summed E-state index contributed by atoms with van der Waals surface area (Å²) < 4.78 is 0. The number of carbonyl (C=O) groups is 2. The predicted octanol–water partition coefficient (Wildman–Crippen LogP) is 1.55. The van der Waals surface area contributed by atoms with Crippen LogP contribution in [0.5, 0.6) is 0 Å². The average molecular weight is 240 g/mol. The van der Waals surface area contributed by atoms with Crippen molar-refractivity contribution < 1.29 is 9.59 Å². The lowest BCUT2D eigenvalue weighted by atomic mass is 9.95.